The smallest absolute Gasteiger partial charge is 0.258 e. The zero-order chi connectivity index (χ0) is 25.8. The van der Waals surface area contributed by atoms with E-state index in [0.29, 0.717) is 36.4 Å². The van der Waals surface area contributed by atoms with Gasteiger partial charge in [-0.2, -0.15) is 5.10 Å². The highest BCUT2D eigenvalue weighted by Crippen LogP contribution is 2.34. The molecular formula is C30H30N4O3. The summed E-state index contributed by atoms with van der Waals surface area (Å²) in [4.78, 5) is 27.7. The van der Waals surface area contributed by atoms with Crippen LogP contribution in [-0.2, 0) is 17.8 Å². The molecule has 1 heterocycles. The zero-order valence-electron chi connectivity index (χ0n) is 21.1. The largest absolute Gasteiger partial charge is 0.492 e. The van der Waals surface area contributed by atoms with Gasteiger partial charge < -0.3 is 15.0 Å². The molecule has 2 aromatic carbocycles. The molecule has 0 fully saturated rings. The topological polar surface area (TPSA) is 76.5 Å². The number of carbonyl (C=O) groups is 2. The van der Waals surface area contributed by atoms with Gasteiger partial charge in [-0.05, 0) is 61.0 Å². The van der Waals surface area contributed by atoms with Crippen LogP contribution in [0.1, 0.15) is 33.5 Å². The van der Waals surface area contributed by atoms with Crippen LogP contribution in [0.2, 0.25) is 0 Å². The van der Waals surface area contributed by atoms with E-state index in [1.165, 1.54) is 0 Å². The highest BCUT2D eigenvalue weighted by molar-refractivity contribution is 6.04. The third-order valence-electron chi connectivity index (χ3n) is 6.43. The number of hydrogen-bond donors (Lipinski definition) is 1. The average Bonchev–Trinajstić information content (AvgIpc) is 3.52. The first-order valence-corrected chi connectivity index (χ1v) is 12.4. The molecule has 1 aromatic heterocycles. The summed E-state index contributed by atoms with van der Waals surface area (Å²) in [5.41, 5.74) is 6.03. The van der Waals surface area contributed by atoms with Gasteiger partial charge in [0.25, 0.3) is 5.91 Å². The number of benzene rings is 2. The number of ether oxygens (including phenoxy) is 1. The summed E-state index contributed by atoms with van der Waals surface area (Å²) in [5.74, 6) is 0.622. The molecule has 0 spiro atoms. The summed E-state index contributed by atoms with van der Waals surface area (Å²) in [6.45, 7) is 2.05. The molecule has 188 valence electrons. The second-order valence-electron chi connectivity index (χ2n) is 9.57. The predicted molar refractivity (Wildman–Crippen MR) is 143 cm³/mol. The molecule has 0 bridgehead atoms. The van der Waals surface area contributed by atoms with Crippen LogP contribution >= 0.6 is 0 Å². The van der Waals surface area contributed by atoms with Crippen molar-refractivity contribution < 1.29 is 14.3 Å². The van der Waals surface area contributed by atoms with E-state index in [1.807, 2.05) is 56.6 Å². The first-order chi connectivity index (χ1) is 17.9. The Morgan fingerprint density at radius 1 is 1.14 bits per heavy atom. The van der Waals surface area contributed by atoms with E-state index in [2.05, 4.69) is 27.5 Å². The van der Waals surface area contributed by atoms with Gasteiger partial charge in [0.1, 0.15) is 12.4 Å². The number of nitrogens with one attached hydrogen (secondary N) is 1. The maximum absolute atomic E-state index is 12.9. The quantitative estimate of drug-likeness (QED) is 0.486. The first-order valence-electron chi connectivity index (χ1n) is 12.4. The van der Waals surface area contributed by atoms with Gasteiger partial charge in [-0.15, -0.1) is 0 Å². The second kappa shape index (κ2) is 10.8. The Bertz CT molecular complexity index is 1410. The molecule has 37 heavy (non-hydrogen) atoms. The first kappa shape index (κ1) is 24.5. The number of amides is 1. The van der Waals surface area contributed by atoms with E-state index in [-0.39, 0.29) is 18.1 Å². The maximum atomic E-state index is 12.9. The molecule has 2 aliphatic carbocycles. The number of hydrogen-bond acceptors (Lipinski definition) is 5. The lowest BCUT2D eigenvalue weighted by Crippen LogP contribution is -2.24. The van der Waals surface area contributed by atoms with Crippen LogP contribution in [0.25, 0.3) is 6.08 Å². The summed E-state index contributed by atoms with van der Waals surface area (Å²) >= 11 is 0. The number of rotatable bonds is 9. The highest BCUT2D eigenvalue weighted by atomic mass is 16.5. The molecule has 1 amide bonds. The van der Waals surface area contributed by atoms with Crippen molar-refractivity contribution in [1.82, 2.24) is 20.0 Å². The fourth-order valence-corrected chi connectivity index (χ4v) is 4.43. The Morgan fingerprint density at radius 3 is 2.78 bits per heavy atom. The van der Waals surface area contributed by atoms with Crippen LogP contribution in [0.3, 0.4) is 0 Å². The fourth-order valence-electron chi connectivity index (χ4n) is 4.43. The molecule has 7 nitrogen and oxygen atoms in total. The number of fused-ring (bicyclic) bond motifs is 1. The predicted octanol–water partition coefficient (Wildman–Crippen LogP) is 4.02. The molecule has 0 radical (unpaired) electrons. The zero-order valence-corrected chi connectivity index (χ0v) is 21.1. The monoisotopic (exact) mass is 494 g/mol. The molecule has 0 unspecified atom stereocenters. The standard InChI is InChI=1S/C30H30N4O3/c1-33(2)12-13-37-27-10-8-22-14-24(15-23(22)16-27)28-17-26(9-11-29(28)35)32-30(36)25-18-31-34(20-25)19-21-6-4-3-5-7-21/h3-10,15-18,20H,11-14,19H2,1-2H3,(H,32,36). The van der Waals surface area contributed by atoms with Crippen molar-refractivity contribution in [1.29, 1.82) is 0 Å². The number of carbonyl (C=O) groups excluding carboxylic acids is 2. The van der Waals surface area contributed by atoms with E-state index in [1.54, 1.807) is 29.2 Å². The van der Waals surface area contributed by atoms with Gasteiger partial charge in [-0.3, -0.25) is 14.3 Å². The number of aromatic nitrogens is 2. The molecule has 0 saturated carbocycles. The average molecular weight is 495 g/mol. The van der Waals surface area contributed by atoms with E-state index in [9.17, 15) is 9.59 Å². The normalized spacial score (nSPS) is 14.7. The van der Waals surface area contributed by atoms with E-state index < -0.39 is 0 Å². The summed E-state index contributed by atoms with van der Waals surface area (Å²) in [6.07, 6.45) is 9.82. The summed E-state index contributed by atoms with van der Waals surface area (Å²) in [7, 11) is 4.03. The van der Waals surface area contributed by atoms with Crippen molar-refractivity contribution in [3.05, 3.63) is 112 Å². The molecule has 2 aliphatic rings. The van der Waals surface area contributed by atoms with Crippen LogP contribution < -0.4 is 10.1 Å². The van der Waals surface area contributed by atoms with Crippen LogP contribution in [0, 0.1) is 0 Å². The van der Waals surface area contributed by atoms with Crippen molar-refractivity contribution in [2.24, 2.45) is 0 Å². The second-order valence-corrected chi connectivity index (χ2v) is 9.57. The minimum Gasteiger partial charge on any atom is -0.492 e. The van der Waals surface area contributed by atoms with Crippen LogP contribution in [0.5, 0.6) is 5.75 Å². The molecule has 7 heteroatoms. The van der Waals surface area contributed by atoms with E-state index in [0.717, 1.165) is 34.6 Å². The van der Waals surface area contributed by atoms with Gasteiger partial charge in [0, 0.05) is 30.4 Å². The van der Waals surface area contributed by atoms with Gasteiger partial charge >= 0.3 is 0 Å². The molecular weight excluding hydrogens is 464 g/mol. The van der Waals surface area contributed by atoms with Crippen molar-refractivity contribution in [3.63, 3.8) is 0 Å². The Balaban J connectivity index is 1.25. The van der Waals surface area contributed by atoms with Crippen LogP contribution in [-0.4, -0.2) is 53.6 Å². The Labute approximate surface area is 216 Å². The number of nitrogens with zero attached hydrogens (tertiary/aromatic N) is 3. The van der Waals surface area contributed by atoms with E-state index >= 15 is 0 Å². The lowest BCUT2D eigenvalue weighted by atomic mass is 9.93. The van der Waals surface area contributed by atoms with E-state index in [4.69, 9.17) is 4.74 Å². The van der Waals surface area contributed by atoms with Gasteiger partial charge in [0.2, 0.25) is 0 Å². The van der Waals surface area contributed by atoms with Gasteiger partial charge in [0.05, 0.1) is 18.3 Å². The van der Waals surface area contributed by atoms with Gasteiger partial charge in [0.15, 0.2) is 5.78 Å². The van der Waals surface area contributed by atoms with Crippen LogP contribution in [0.4, 0.5) is 0 Å². The lowest BCUT2D eigenvalue weighted by molar-refractivity contribution is -0.114. The number of ketones is 1. The Kier molecular flexibility index (Phi) is 7.14. The molecule has 1 N–H and O–H groups in total. The van der Waals surface area contributed by atoms with Crippen molar-refractivity contribution in [3.8, 4) is 5.75 Å². The highest BCUT2D eigenvalue weighted by Gasteiger charge is 2.24. The third-order valence-corrected chi connectivity index (χ3v) is 6.43. The van der Waals surface area contributed by atoms with Gasteiger partial charge in [-0.1, -0.05) is 48.6 Å². The minimum absolute atomic E-state index is 0.0511. The van der Waals surface area contributed by atoms with Crippen molar-refractivity contribution >= 4 is 17.8 Å². The number of likely N-dealkylation sites (N-methyl/N-ethyl adjacent to an activating group) is 1. The Morgan fingerprint density at radius 2 is 1.97 bits per heavy atom. The van der Waals surface area contributed by atoms with Crippen molar-refractivity contribution in [2.75, 3.05) is 27.2 Å². The SMILES string of the molecule is CN(C)CCOc1ccc2c(c1)C=C(C1=CC(NC(=O)c3cnn(Cc4ccccc4)c3)=CCC1=O)C2. The Hall–Kier alpha value is -4.23. The summed E-state index contributed by atoms with van der Waals surface area (Å²) in [6, 6.07) is 16.0. The molecule has 0 atom stereocenters. The molecule has 3 aromatic rings. The molecule has 5 rings (SSSR count). The number of allylic oxidation sites excluding steroid dienone is 4. The molecule has 0 aliphatic heterocycles. The molecule has 0 saturated heterocycles. The maximum Gasteiger partial charge on any atom is 0.258 e. The minimum atomic E-state index is -0.251. The summed E-state index contributed by atoms with van der Waals surface area (Å²) in [5, 5.41) is 7.26. The summed E-state index contributed by atoms with van der Waals surface area (Å²) < 4.78 is 7.61. The van der Waals surface area contributed by atoms with Crippen molar-refractivity contribution in [2.45, 2.75) is 19.4 Å². The number of Topliss-reactive ketones (excluding diaryl/α,β-unsaturated/α-hetero) is 1. The van der Waals surface area contributed by atoms with Gasteiger partial charge in [-0.25, -0.2) is 0 Å². The van der Waals surface area contributed by atoms with Crippen LogP contribution in [0.15, 0.2) is 89.9 Å². The lowest BCUT2D eigenvalue weighted by Gasteiger charge is -2.15. The third kappa shape index (κ3) is 5.95. The fraction of sp³-hybridized carbons (Fsp3) is 0.233.